The maximum absolute atomic E-state index is 14.6. The Kier molecular flexibility index (Phi) is 11.8. The molecule has 242 valence electrons. The summed E-state index contributed by atoms with van der Waals surface area (Å²) in [5.41, 5.74) is 3.63. The second-order valence-corrected chi connectivity index (χ2v) is 13.4. The number of nitrogens with zero attached hydrogens (tertiary/aromatic N) is 2. The van der Waals surface area contributed by atoms with Crippen LogP contribution in [0.2, 0.25) is 5.02 Å². The van der Waals surface area contributed by atoms with Crippen LogP contribution >= 0.6 is 11.6 Å². The van der Waals surface area contributed by atoms with Crippen LogP contribution in [0.15, 0.2) is 102 Å². The highest BCUT2D eigenvalue weighted by Crippen LogP contribution is 2.35. The number of carbonyl (C=O) groups excluding carboxylic acids is 2. The summed E-state index contributed by atoms with van der Waals surface area (Å²) in [7, 11) is -2.88. The van der Waals surface area contributed by atoms with Crippen molar-refractivity contribution in [1.29, 1.82) is 0 Å². The highest BCUT2D eigenvalue weighted by molar-refractivity contribution is 7.92. The van der Waals surface area contributed by atoms with Gasteiger partial charge in [0.25, 0.3) is 10.0 Å². The van der Waals surface area contributed by atoms with Gasteiger partial charge in [0.15, 0.2) is 0 Å². The lowest BCUT2D eigenvalue weighted by atomic mass is 10.0. The molecule has 0 radical (unpaired) electrons. The Labute approximate surface area is 277 Å². The van der Waals surface area contributed by atoms with Crippen LogP contribution in [0.1, 0.15) is 35.6 Å². The van der Waals surface area contributed by atoms with E-state index in [0.29, 0.717) is 13.0 Å². The number of halogens is 1. The van der Waals surface area contributed by atoms with E-state index in [2.05, 4.69) is 5.32 Å². The van der Waals surface area contributed by atoms with Gasteiger partial charge in [-0.25, -0.2) is 8.42 Å². The zero-order valence-corrected chi connectivity index (χ0v) is 28.1. The molecule has 4 rings (SSSR count). The van der Waals surface area contributed by atoms with Crippen molar-refractivity contribution in [3.63, 3.8) is 0 Å². The third-order valence-electron chi connectivity index (χ3n) is 7.72. The van der Waals surface area contributed by atoms with Gasteiger partial charge in [-0.1, -0.05) is 90.8 Å². The lowest BCUT2D eigenvalue weighted by Gasteiger charge is -2.34. The van der Waals surface area contributed by atoms with E-state index in [1.54, 1.807) is 24.3 Å². The Morgan fingerprint density at radius 1 is 0.913 bits per heavy atom. The molecule has 0 heterocycles. The molecule has 0 saturated heterocycles. The summed E-state index contributed by atoms with van der Waals surface area (Å²) >= 11 is 6.36. The Morgan fingerprint density at radius 3 is 2.24 bits per heavy atom. The number of aryl methyl sites for hydroxylation is 2. The molecule has 1 atom stereocenters. The average molecular weight is 662 g/mol. The zero-order chi connectivity index (χ0) is 33.3. The topological polar surface area (TPSA) is 96.0 Å². The van der Waals surface area contributed by atoms with E-state index in [0.717, 1.165) is 26.6 Å². The smallest absolute Gasteiger partial charge is 0.264 e. The van der Waals surface area contributed by atoms with Crippen LogP contribution in [0.3, 0.4) is 0 Å². The van der Waals surface area contributed by atoms with Crippen molar-refractivity contribution in [2.75, 3.05) is 24.5 Å². The number of hydrogen-bond acceptors (Lipinski definition) is 5. The quantitative estimate of drug-likeness (QED) is 0.171. The molecule has 0 aliphatic carbocycles. The van der Waals surface area contributed by atoms with Crippen molar-refractivity contribution < 1.29 is 22.7 Å². The number of anilines is 1. The first-order chi connectivity index (χ1) is 22.0. The molecule has 0 aliphatic heterocycles. The molecule has 4 aromatic rings. The minimum atomic E-state index is -4.30. The van der Waals surface area contributed by atoms with Crippen LogP contribution in [0.5, 0.6) is 5.75 Å². The normalized spacial score (nSPS) is 11.8. The van der Waals surface area contributed by atoms with E-state index in [1.807, 2.05) is 75.4 Å². The van der Waals surface area contributed by atoms with Crippen LogP contribution < -0.4 is 14.4 Å². The van der Waals surface area contributed by atoms with E-state index < -0.39 is 28.5 Å². The molecule has 8 nitrogen and oxygen atoms in total. The van der Waals surface area contributed by atoms with Gasteiger partial charge in [0.05, 0.1) is 17.7 Å². The predicted molar refractivity (Wildman–Crippen MR) is 183 cm³/mol. The maximum Gasteiger partial charge on any atom is 0.264 e. The number of amides is 2. The number of sulfonamides is 1. The maximum atomic E-state index is 14.6. The van der Waals surface area contributed by atoms with Crippen LogP contribution in [0.25, 0.3) is 0 Å². The molecular formula is C36H40ClN3O5S. The molecule has 0 aliphatic rings. The highest BCUT2D eigenvalue weighted by atomic mass is 35.5. The lowest BCUT2D eigenvalue weighted by Crippen LogP contribution is -2.53. The van der Waals surface area contributed by atoms with Gasteiger partial charge in [-0.05, 0) is 67.3 Å². The van der Waals surface area contributed by atoms with Crippen molar-refractivity contribution in [3.05, 3.63) is 124 Å². The van der Waals surface area contributed by atoms with E-state index in [9.17, 15) is 18.0 Å². The lowest BCUT2D eigenvalue weighted by molar-refractivity contribution is -0.140. The minimum absolute atomic E-state index is 0.0000863. The van der Waals surface area contributed by atoms with Crippen molar-refractivity contribution in [1.82, 2.24) is 10.2 Å². The fraction of sp³-hybridized carbons (Fsp3) is 0.278. The molecule has 2 amide bonds. The summed E-state index contributed by atoms with van der Waals surface area (Å²) in [6.07, 6.45) is 0.950. The fourth-order valence-corrected chi connectivity index (χ4v) is 6.68. The summed E-state index contributed by atoms with van der Waals surface area (Å²) in [4.78, 5) is 29.9. The third-order valence-corrected chi connectivity index (χ3v) is 9.73. The van der Waals surface area contributed by atoms with Gasteiger partial charge in [0.2, 0.25) is 11.8 Å². The van der Waals surface area contributed by atoms with E-state index in [4.69, 9.17) is 16.3 Å². The Balaban J connectivity index is 1.85. The molecule has 46 heavy (non-hydrogen) atoms. The first-order valence-electron chi connectivity index (χ1n) is 15.1. The first-order valence-corrected chi connectivity index (χ1v) is 17.0. The Morgan fingerprint density at radius 2 is 1.59 bits per heavy atom. The number of hydrogen-bond donors (Lipinski definition) is 1. The number of benzene rings is 4. The van der Waals surface area contributed by atoms with Crippen molar-refractivity contribution in [2.24, 2.45) is 0 Å². The second-order valence-electron chi connectivity index (χ2n) is 11.1. The molecule has 0 saturated carbocycles. The van der Waals surface area contributed by atoms with E-state index in [-0.39, 0.29) is 40.2 Å². The molecular weight excluding hydrogens is 622 g/mol. The van der Waals surface area contributed by atoms with Gasteiger partial charge in [0, 0.05) is 24.5 Å². The molecule has 0 bridgehead atoms. The Hall–Kier alpha value is -4.34. The number of methoxy groups -OCH3 is 1. The SMILES string of the molecule is CCCNC(=O)[C@@H](Cc1ccccc1)N(Cc1ccccc1C)C(=O)CN(c1cc(Cl)ccc1OC)S(=O)(=O)c1ccc(C)cc1. The molecule has 0 aromatic heterocycles. The van der Waals surface area contributed by atoms with Gasteiger partial charge >= 0.3 is 0 Å². The molecule has 0 unspecified atom stereocenters. The predicted octanol–water partition coefficient (Wildman–Crippen LogP) is 6.33. The van der Waals surface area contributed by atoms with Crippen molar-refractivity contribution >= 4 is 39.1 Å². The first kappa shape index (κ1) is 34.5. The molecule has 4 aromatic carbocycles. The van der Waals surface area contributed by atoms with Crippen LogP contribution in [-0.4, -0.2) is 51.4 Å². The van der Waals surface area contributed by atoms with Gasteiger partial charge in [-0.15, -0.1) is 0 Å². The number of rotatable bonds is 14. The number of nitrogens with one attached hydrogen (secondary N) is 1. The number of carbonyl (C=O) groups is 2. The summed E-state index contributed by atoms with van der Waals surface area (Å²) in [5, 5.41) is 3.23. The number of ether oxygens (including phenoxy) is 1. The zero-order valence-electron chi connectivity index (χ0n) is 26.6. The van der Waals surface area contributed by atoms with Crippen LogP contribution in [0, 0.1) is 13.8 Å². The summed E-state index contributed by atoms with van der Waals surface area (Å²) in [5.74, 6) is -0.658. The van der Waals surface area contributed by atoms with Gasteiger partial charge < -0.3 is 15.0 Å². The Bertz CT molecular complexity index is 1750. The van der Waals surface area contributed by atoms with Gasteiger partial charge in [-0.3, -0.25) is 13.9 Å². The van der Waals surface area contributed by atoms with Gasteiger partial charge in [-0.2, -0.15) is 0 Å². The summed E-state index contributed by atoms with van der Waals surface area (Å²) in [6.45, 7) is 5.67. The van der Waals surface area contributed by atoms with Crippen molar-refractivity contribution in [2.45, 2.75) is 51.1 Å². The standard InChI is InChI=1S/C36H40ClN3O5S/c1-5-21-38-36(42)33(22-28-12-7-6-8-13-28)39(24-29-14-10-9-11-27(29)3)35(41)25-40(32-23-30(37)17-20-34(32)45-4)46(43,44)31-18-15-26(2)16-19-31/h6-20,23,33H,5,21-22,24-25H2,1-4H3,(H,38,42)/t33-/m1/s1. The summed E-state index contributed by atoms with van der Waals surface area (Å²) in [6, 6.07) is 27.1. The molecule has 0 fully saturated rings. The highest BCUT2D eigenvalue weighted by Gasteiger charge is 2.35. The van der Waals surface area contributed by atoms with E-state index >= 15 is 0 Å². The van der Waals surface area contributed by atoms with Crippen molar-refractivity contribution in [3.8, 4) is 5.75 Å². The summed E-state index contributed by atoms with van der Waals surface area (Å²) < 4.78 is 35.2. The van der Waals surface area contributed by atoms with Crippen LogP contribution in [0.4, 0.5) is 5.69 Å². The monoisotopic (exact) mass is 661 g/mol. The molecule has 0 spiro atoms. The average Bonchev–Trinajstić information content (AvgIpc) is 3.05. The third kappa shape index (κ3) is 8.47. The molecule has 1 N–H and O–H groups in total. The van der Waals surface area contributed by atoms with Crippen LogP contribution in [-0.2, 0) is 32.6 Å². The van der Waals surface area contributed by atoms with E-state index in [1.165, 1.54) is 30.2 Å². The fourth-order valence-electron chi connectivity index (χ4n) is 5.10. The molecule has 10 heteroatoms. The second kappa shape index (κ2) is 15.8. The largest absolute Gasteiger partial charge is 0.495 e. The minimum Gasteiger partial charge on any atom is -0.495 e. The van der Waals surface area contributed by atoms with Gasteiger partial charge in [0.1, 0.15) is 18.3 Å².